The lowest BCUT2D eigenvalue weighted by Crippen LogP contribution is -2.53. The predicted molar refractivity (Wildman–Crippen MR) is 150 cm³/mol. The molecule has 2 amide bonds. The summed E-state index contributed by atoms with van der Waals surface area (Å²) in [6, 6.07) is 19.9. The van der Waals surface area contributed by atoms with Crippen LogP contribution in [-0.4, -0.2) is 35.4 Å². The van der Waals surface area contributed by atoms with Crippen molar-refractivity contribution in [1.82, 2.24) is 10.2 Å². The van der Waals surface area contributed by atoms with Gasteiger partial charge in [-0.05, 0) is 73.7 Å². The Balaban J connectivity index is 1.92. The zero-order chi connectivity index (χ0) is 26.9. The first-order chi connectivity index (χ1) is 17.7. The molecule has 0 saturated heterocycles. The van der Waals surface area contributed by atoms with Gasteiger partial charge in [0.15, 0.2) is 6.61 Å². The average Bonchev–Trinajstić information content (AvgIpc) is 2.89. The highest BCUT2D eigenvalue weighted by Gasteiger charge is 2.31. The second-order valence-corrected chi connectivity index (χ2v) is 10.1. The van der Waals surface area contributed by atoms with Crippen molar-refractivity contribution in [3.8, 4) is 5.75 Å². The number of aryl methyl sites for hydroxylation is 2. The molecule has 0 aliphatic carbocycles. The van der Waals surface area contributed by atoms with Gasteiger partial charge in [0.2, 0.25) is 5.91 Å². The Kier molecular flexibility index (Phi) is 10.4. The quantitative estimate of drug-likeness (QED) is 0.300. The molecule has 0 heterocycles. The Morgan fingerprint density at radius 1 is 0.946 bits per heavy atom. The van der Waals surface area contributed by atoms with Crippen LogP contribution < -0.4 is 10.1 Å². The monoisotopic (exact) mass is 540 g/mol. The zero-order valence-electron chi connectivity index (χ0n) is 21.8. The van der Waals surface area contributed by atoms with E-state index in [1.54, 1.807) is 17.0 Å². The minimum Gasteiger partial charge on any atom is -0.484 e. The summed E-state index contributed by atoms with van der Waals surface area (Å²) in [6.07, 6.45) is 1.16. The molecule has 0 aromatic heterocycles. The first-order valence-electron chi connectivity index (χ1n) is 12.5. The van der Waals surface area contributed by atoms with Gasteiger partial charge in [-0.2, -0.15) is 0 Å². The molecule has 0 bridgehead atoms. The standard InChI is InChI=1S/C30H34Cl2N2O3/c1-5-22(4)33-30(36)27(17-23-9-7-6-8-10-23)34(18-24-11-13-25(31)14-12-24)28(35)19-37-26-15-20(2)29(32)21(3)16-26/h6-16,22,27H,5,17-19H2,1-4H3,(H,33,36)/t22-,27-/m0/s1. The average molecular weight is 542 g/mol. The van der Waals surface area contributed by atoms with Crippen molar-refractivity contribution in [3.05, 3.63) is 99.0 Å². The molecule has 0 saturated carbocycles. The van der Waals surface area contributed by atoms with Crippen LogP contribution in [0.1, 0.15) is 42.5 Å². The lowest BCUT2D eigenvalue weighted by molar-refractivity contribution is -0.143. The van der Waals surface area contributed by atoms with Crippen LogP contribution in [0.15, 0.2) is 66.7 Å². The Bertz CT molecular complexity index is 1180. The predicted octanol–water partition coefficient (Wildman–Crippen LogP) is 6.54. The van der Waals surface area contributed by atoms with Crippen molar-refractivity contribution in [2.45, 2.75) is 59.2 Å². The molecule has 7 heteroatoms. The van der Waals surface area contributed by atoms with Crippen LogP contribution in [0.2, 0.25) is 10.0 Å². The minimum atomic E-state index is -0.725. The smallest absolute Gasteiger partial charge is 0.261 e. The first kappa shape index (κ1) is 28.5. The molecule has 0 radical (unpaired) electrons. The normalized spacial score (nSPS) is 12.5. The minimum absolute atomic E-state index is 0.0190. The number of carbonyl (C=O) groups excluding carboxylic acids is 2. The van der Waals surface area contributed by atoms with Crippen molar-refractivity contribution >= 4 is 35.0 Å². The van der Waals surface area contributed by atoms with Crippen LogP contribution in [-0.2, 0) is 22.6 Å². The van der Waals surface area contributed by atoms with E-state index in [9.17, 15) is 9.59 Å². The summed E-state index contributed by atoms with van der Waals surface area (Å²) in [4.78, 5) is 28.8. The first-order valence-corrected chi connectivity index (χ1v) is 13.2. The van der Waals surface area contributed by atoms with E-state index in [1.165, 1.54) is 0 Å². The Morgan fingerprint density at radius 2 is 1.57 bits per heavy atom. The maximum Gasteiger partial charge on any atom is 0.261 e. The molecule has 0 unspecified atom stereocenters. The fourth-order valence-electron chi connectivity index (χ4n) is 4.00. The van der Waals surface area contributed by atoms with E-state index in [1.807, 2.05) is 82.3 Å². The molecule has 3 aromatic rings. The van der Waals surface area contributed by atoms with Gasteiger partial charge in [-0.1, -0.05) is 72.6 Å². The van der Waals surface area contributed by atoms with Crippen LogP contribution in [0.5, 0.6) is 5.75 Å². The third-order valence-corrected chi connectivity index (χ3v) is 7.16. The van der Waals surface area contributed by atoms with Gasteiger partial charge in [0.1, 0.15) is 11.8 Å². The fraction of sp³-hybridized carbons (Fsp3) is 0.333. The third-order valence-electron chi connectivity index (χ3n) is 6.31. The molecule has 5 nitrogen and oxygen atoms in total. The van der Waals surface area contributed by atoms with Crippen molar-refractivity contribution in [3.63, 3.8) is 0 Å². The summed E-state index contributed by atoms with van der Waals surface area (Å²) in [5, 5.41) is 4.34. The number of ether oxygens (including phenoxy) is 1. The molecule has 2 atom stereocenters. The van der Waals surface area contributed by atoms with Crippen LogP contribution in [0.25, 0.3) is 0 Å². The highest BCUT2D eigenvalue weighted by molar-refractivity contribution is 6.32. The number of hydrogen-bond donors (Lipinski definition) is 1. The number of nitrogens with one attached hydrogen (secondary N) is 1. The summed E-state index contributed by atoms with van der Waals surface area (Å²) < 4.78 is 5.90. The van der Waals surface area contributed by atoms with Gasteiger partial charge >= 0.3 is 0 Å². The molecule has 1 N–H and O–H groups in total. The van der Waals surface area contributed by atoms with Crippen molar-refractivity contribution in [2.75, 3.05) is 6.61 Å². The Morgan fingerprint density at radius 3 is 2.16 bits per heavy atom. The van der Waals surface area contributed by atoms with E-state index in [0.717, 1.165) is 28.7 Å². The van der Waals surface area contributed by atoms with Crippen LogP contribution in [0.4, 0.5) is 0 Å². The largest absolute Gasteiger partial charge is 0.484 e. The molecule has 196 valence electrons. The lowest BCUT2D eigenvalue weighted by atomic mass is 10.0. The molecule has 0 aliphatic rings. The fourth-order valence-corrected chi connectivity index (χ4v) is 4.23. The van der Waals surface area contributed by atoms with Gasteiger partial charge in [-0.25, -0.2) is 0 Å². The van der Waals surface area contributed by atoms with E-state index in [4.69, 9.17) is 27.9 Å². The number of hydrogen-bond acceptors (Lipinski definition) is 3. The Hall–Kier alpha value is -3.02. The van der Waals surface area contributed by atoms with E-state index in [0.29, 0.717) is 22.2 Å². The summed E-state index contributed by atoms with van der Waals surface area (Å²) >= 11 is 12.4. The summed E-state index contributed by atoms with van der Waals surface area (Å²) in [5.41, 5.74) is 3.57. The van der Waals surface area contributed by atoms with Gasteiger partial charge in [0.25, 0.3) is 5.91 Å². The second kappa shape index (κ2) is 13.5. The van der Waals surface area contributed by atoms with E-state index < -0.39 is 6.04 Å². The molecule has 0 spiro atoms. The van der Waals surface area contributed by atoms with Crippen molar-refractivity contribution < 1.29 is 14.3 Å². The summed E-state index contributed by atoms with van der Waals surface area (Å²) in [5.74, 6) is 0.0713. The highest BCUT2D eigenvalue weighted by atomic mass is 35.5. The Labute approximate surface area is 229 Å². The summed E-state index contributed by atoms with van der Waals surface area (Å²) in [6.45, 7) is 7.78. The van der Waals surface area contributed by atoms with Crippen molar-refractivity contribution in [1.29, 1.82) is 0 Å². The molecule has 0 fully saturated rings. The van der Waals surface area contributed by atoms with Crippen LogP contribution in [0, 0.1) is 13.8 Å². The van der Waals surface area contributed by atoms with Gasteiger partial charge in [0, 0.05) is 29.1 Å². The van der Waals surface area contributed by atoms with Gasteiger partial charge in [-0.15, -0.1) is 0 Å². The number of amides is 2. The van der Waals surface area contributed by atoms with Gasteiger partial charge < -0.3 is 15.0 Å². The molecular weight excluding hydrogens is 507 g/mol. The van der Waals surface area contributed by atoms with Crippen LogP contribution in [0.3, 0.4) is 0 Å². The molecule has 37 heavy (non-hydrogen) atoms. The topological polar surface area (TPSA) is 58.6 Å². The molecule has 3 aromatic carbocycles. The van der Waals surface area contributed by atoms with E-state index in [2.05, 4.69) is 5.32 Å². The molecular formula is C30H34Cl2N2O3. The summed E-state index contributed by atoms with van der Waals surface area (Å²) in [7, 11) is 0. The van der Waals surface area contributed by atoms with Crippen molar-refractivity contribution in [2.24, 2.45) is 0 Å². The second-order valence-electron chi connectivity index (χ2n) is 9.33. The third kappa shape index (κ3) is 8.24. The number of halogens is 2. The zero-order valence-corrected chi connectivity index (χ0v) is 23.3. The molecule has 3 rings (SSSR count). The SMILES string of the molecule is CC[C@H](C)NC(=O)[C@H](Cc1ccccc1)N(Cc1ccc(Cl)cc1)C(=O)COc1cc(C)c(Cl)c(C)c1. The lowest BCUT2D eigenvalue weighted by Gasteiger charge is -2.32. The molecule has 0 aliphatic heterocycles. The van der Waals surface area contributed by atoms with Gasteiger partial charge in [0.05, 0.1) is 0 Å². The number of benzene rings is 3. The van der Waals surface area contributed by atoms with Crippen LogP contribution >= 0.6 is 23.2 Å². The van der Waals surface area contributed by atoms with E-state index >= 15 is 0 Å². The van der Waals surface area contributed by atoms with Gasteiger partial charge in [-0.3, -0.25) is 9.59 Å². The maximum absolute atomic E-state index is 13.7. The van der Waals surface area contributed by atoms with E-state index in [-0.39, 0.29) is 31.0 Å². The number of rotatable bonds is 11. The number of nitrogens with zero attached hydrogens (tertiary/aromatic N) is 1. The highest BCUT2D eigenvalue weighted by Crippen LogP contribution is 2.26. The maximum atomic E-state index is 13.7. The number of carbonyl (C=O) groups is 2.